The van der Waals surface area contributed by atoms with Crippen LogP contribution >= 0.6 is 0 Å². The quantitative estimate of drug-likeness (QED) is 0.625. The highest BCUT2D eigenvalue weighted by Gasteiger charge is 2.31. The van der Waals surface area contributed by atoms with Crippen molar-refractivity contribution in [1.29, 1.82) is 5.41 Å². The highest BCUT2D eigenvalue weighted by atomic mass is 19.4. The SMILES string of the molecule is CCCN(CC(F)(F)F)c1cc(OC)ccc1C(=N)N. The summed E-state index contributed by atoms with van der Waals surface area (Å²) in [6, 6.07) is 4.53. The van der Waals surface area contributed by atoms with Gasteiger partial charge in [0.25, 0.3) is 0 Å². The number of nitrogens with one attached hydrogen (secondary N) is 1. The van der Waals surface area contributed by atoms with E-state index in [-0.39, 0.29) is 23.6 Å². The number of ether oxygens (including phenoxy) is 1. The molecule has 3 N–H and O–H groups in total. The van der Waals surface area contributed by atoms with Crippen LogP contribution < -0.4 is 15.4 Å². The number of rotatable bonds is 6. The predicted octanol–water partition coefficient (Wildman–Crippen LogP) is 2.76. The van der Waals surface area contributed by atoms with Crippen molar-refractivity contribution in [2.24, 2.45) is 5.73 Å². The minimum absolute atomic E-state index is 0.215. The number of alkyl halides is 3. The Morgan fingerprint density at radius 1 is 1.40 bits per heavy atom. The number of nitrogens with zero attached hydrogens (tertiary/aromatic N) is 1. The number of halogens is 3. The molecule has 7 heteroatoms. The first kappa shape index (κ1) is 16.1. The van der Waals surface area contributed by atoms with Crippen LogP contribution in [-0.2, 0) is 0 Å². The fourth-order valence-corrected chi connectivity index (χ4v) is 1.90. The van der Waals surface area contributed by atoms with Gasteiger partial charge in [0, 0.05) is 18.2 Å². The summed E-state index contributed by atoms with van der Waals surface area (Å²) in [4.78, 5) is 1.17. The van der Waals surface area contributed by atoms with Crippen molar-refractivity contribution in [3.63, 3.8) is 0 Å². The minimum Gasteiger partial charge on any atom is -0.497 e. The number of anilines is 1. The second-order valence-electron chi connectivity index (χ2n) is 4.33. The topological polar surface area (TPSA) is 62.3 Å². The fraction of sp³-hybridized carbons (Fsp3) is 0.462. The number of methoxy groups -OCH3 is 1. The monoisotopic (exact) mass is 289 g/mol. The molecule has 4 nitrogen and oxygen atoms in total. The molecule has 0 atom stereocenters. The summed E-state index contributed by atoms with van der Waals surface area (Å²) in [7, 11) is 1.43. The van der Waals surface area contributed by atoms with Gasteiger partial charge in [-0.05, 0) is 18.6 Å². The van der Waals surface area contributed by atoms with Crippen LogP contribution in [0.5, 0.6) is 5.75 Å². The van der Waals surface area contributed by atoms with Crippen LogP contribution in [0.2, 0.25) is 0 Å². The maximum atomic E-state index is 12.7. The molecular weight excluding hydrogens is 271 g/mol. The second-order valence-corrected chi connectivity index (χ2v) is 4.33. The Morgan fingerprint density at radius 3 is 2.50 bits per heavy atom. The number of hydrogen-bond acceptors (Lipinski definition) is 3. The first-order valence-corrected chi connectivity index (χ1v) is 6.12. The van der Waals surface area contributed by atoms with Crippen LogP contribution in [-0.4, -0.2) is 32.2 Å². The summed E-state index contributed by atoms with van der Waals surface area (Å²) >= 11 is 0. The van der Waals surface area contributed by atoms with Crippen LogP contribution in [0.4, 0.5) is 18.9 Å². The Labute approximate surface area is 115 Å². The Bertz CT molecular complexity index is 474. The Morgan fingerprint density at radius 2 is 2.05 bits per heavy atom. The molecule has 0 bridgehead atoms. The van der Waals surface area contributed by atoms with E-state index in [1.165, 1.54) is 24.1 Å². The third kappa shape index (κ3) is 4.32. The van der Waals surface area contributed by atoms with Crippen LogP contribution in [0.15, 0.2) is 18.2 Å². The van der Waals surface area contributed by atoms with E-state index in [0.29, 0.717) is 12.2 Å². The van der Waals surface area contributed by atoms with Crippen molar-refractivity contribution < 1.29 is 17.9 Å². The highest BCUT2D eigenvalue weighted by Crippen LogP contribution is 2.29. The molecule has 1 rings (SSSR count). The number of benzene rings is 1. The van der Waals surface area contributed by atoms with Gasteiger partial charge in [0.15, 0.2) is 0 Å². The van der Waals surface area contributed by atoms with Crippen molar-refractivity contribution >= 4 is 11.5 Å². The average Bonchev–Trinajstić information content (AvgIpc) is 2.35. The van der Waals surface area contributed by atoms with Crippen molar-refractivity contribution in [2.45, 2.75) is 19.5 Å². The van der Waals surface area contributed by atoms with Gasteiger partial charge in [0.2, 0.25) is 0 Å². The lowest BCUT2D eigenvalue weighted by Crippen LogP contribution is -2.36. The number of nitrogen functional groups attached to an aromatic ring is 1. The largest absolute Gasteiger partial charge is 0.497 e. The van der Waals surface area contributed by atoms with E-state index in [1.807, 2.05) is 0 Å². The van der Waals surface area contributed by atoms with Crippen LogP contribution in [0.1, 0.15) is 18.9 Å². The van der Waals surface area contributed by atoms with Crippen molar-refractivity contribution in [3.05, 3.63) is 23.8 Å². The Kier molecular flexibility index (Phi) is 5.24. The van der Waals surface area contributed by atoms with E-state index in [9.17, 15) is 13.2 Å². The average molecular weight is 289 g/mol. The molecule has 1 aromatic rings. The summed E-state index contributed by atoms with van der Waals surface area (Å²) in [6.07, 6.45) is -3.78. The molecule has 0 radical (unpaired) electrons. The van der Waals surface area contributed by atoms with Gasteiger partial charge < -0.3 is 15.4 Å². The van der Waals surface area contributed by atoms with Gasteiger partial charge in [-0.1, -0.05) is 6.92 Å². The third-order valence-electron chi connectivity index (χ3n) is 2.70. The summed E-state index contributed by atoms with van der Waals surface area (Å²) in [6.45, 7) is 0.915. The molecule has 0 amide bonds. The summed E-state index contributed by atoms with van der Waals surface area (Å²) in [5.74, 6) is 0.152. The second kappa shape index (κ2) is 6.49. The van der Waals surface area contributed by atoms with Crippen LogP contribution in [0, 0.1) is 5.41 Å². The molecular formula is C13H18F3N3O. The Balaban J connectivity index is 3.25. The molecule has 0 fully saturated rings. The molecule has 0 aromatic heterocycles. The summed E-state index contributed by atoms with van der Waals surface area (Å²) < 4.78 is 43.0. The van der Waals surface area contributed by atoms with Crippen molar-refractivity contribution in [2.75, 3.05) is 25.1 Å². The number of amidine groups is 1. The van der Waals surface area contributed by atoms with Crippen LogP contribution in [0.25, 0.3) is 0 Å². The summed E-state index contributed by atoms with van der Waals surface area (Å²) in [5, 5.41) is 7.49. The lowest BCUT2D eigenvalue weighted by molar-refractivity contribution is -0.119. The van der Waals surface area contributed by atoms with Crippen molar-refractivity contribution in [3.8, 4) is 5.75 Å². The zero-order chi connectivity index (χ0) is 15.3. The van der Waals surface area contributed by atoms with E-state index in [2.05, 4.69) is 0 Å². The van der Waals surface area contributed by atoms with E-state index < -0.39 is 12.7 Å². The zero-order valence-corrected chi connectivity index (χ0v) is 11.4. The zero-order valence-electron chi connectivity index (χ0n) is 11.4. The van der Waals surface area contributed by atoms with Crippen LogP contribution in [0.3, 0.4) is 0 Å². The molecule has 0 heterocycles. The predicted molar refractivity (Wildman–Crippen MR) is 72.6 cm³/mol. The van der Waals surface area contributed by atoms with E-state index in [1.54, 1.807) is 13.0 Å². The molecule has 0 aliphatic heterocycles. The maximum absolute atomic E-state index is 12.7. The molecule has 20 heavy (non-hydrogen) atoms. The van der Waals surface area contributed by atoms with E-state index in [4.69, 9.17) is 15.9 Å². The van der Waals surface area contributed by atoms with Gasteiger partial charge in [-0.15, -0.1) is 0 Å². The standard InChI is InChI=1S/C13H18F3N3O/c1-3-6-19(8-13(14,15)16)11-7-9(20-2)4-5-10(11)12(17)18/h4-5,7H,3,6,8H2,1-2H3,(H3,17,18). The molecule has 112 valence electrons. The van der Waals surface area contributed by atoms with Gasteiger partial charge in [-0.25, -0.2) is 0 Å². The van der Waals surface area contributed by atoms with E-state index >= 15 is 0 Å². The summed E-state index contributed by atoms with van der Waals surface area (Å²) in [5.41, 5.74) is 5.97. The lowest BCUT2D eigenvalue weighted by atomic mass is 10.1. The third-order valence-corrected chi connectivity index (χ3v) is 2.70. The minimum atomic E-state index is -4.33. The normalized spacial score (nSPS) is 11.2. The van der Waals surface area contributed by atoms with Gasteiger partial charge in [0.1, 0.15) is 18.1 Å². The molecule has 0 aliphatic carbocycles. The molecule has 0 saturated carbocycles. The number of hydrogen-bond donors (Lipinski definition) is 2. The molecule has 0 spiro atoms. The highest BCUT2D eigenvalue weighted by molar-refractivity contribution is 6.00. The van der Waals surface area contributed by atoms with Crippen molar-refractivity contribution in [1.82, 2.24) is 0 Å². The lowest BCUT2D eigenvalue weighted by Gasteiger charge is -2.27. The smallest absolute Gasteiger partial charge is 0.405 e. The molecule has 0 aliphatic rings. The molecule has 0 saturated heterocycles. The number of nitrogens with two attached hydrogens (primary N) is 1. The van der Waals surface area contributed by atoms with Gasteiger partial charge in [-0.3, -0.25) is 5.41 Å². The van der Waals surface area contributed by atoms with Gasteiger partial charge in [-0.2, -0.15) is 13.2 Å². The fourth-order valence-electron chi connectivity index (χ4n) is 1.90. The molecule has 1 aromatic carbocycles. The van der Waals surface area contributed by atoms with Gasteiger partial charge in [0.05, 0.1) is 12.8 Å². The molecule has 0 unspecified atom stereocenters. The first-order chi connectivity index (χ1) is 9.28. The van der Waals surface area contributed by atoms with Gasteiger partial charge >= 0.3 is 6.18 Å². The maximum Gasteiger partial charge on any atom is 0.405 e. The Hall–Kier alpha value is -1.92. The first-order valence-electron chi connectivity index (χ1n) is 6.12. The van der Waals surface area contributed by atoms with E-state index in [0.717, 1.165) is 0 Å².